The molecule has 3 heterocycles. The topological polar surface area (TPSA) is 34.6 Å². The van der Waals surface area contributed by atoms with Crippen LogP contribution in [0.2, 0.25) is 0 Å². The molecular formula is C69H52N4. The van der Waals surface area contributed by atoms with Gasteiger partial charge in [-0.15, -0.1) is 0 Å². The third kappa shape index (κ3) is 6.60. The van der Waals surface area contributed by atoms with Crippen LogP contribution < -0.4 is 0 Å². The van der Waals surface area contributed by atoms with Crippen molar-refractivity contribution < 1.29 is 0 Å². The van der Waals surface area contributed by atoms with Gasteiger partial charge in [0, 0.05) is 49.7 Å². The molecule has 4 heteroatoms. The zero-order chi connectivity index (χ0) is 48.8. The van der Waals surface area contributed by atoms with Crippen molar-refractivity contribution in [2.24, 2.45) is 15.9 Å². The molecule has 0 saturated carbocycles. The van der Waals surface area contributed by atoms with E-state index < -0.39 is 0 Å². The monoisotopic (exact) mass is 936 g/mol. The molecule has 1 aliphatic heterocycles. The maximum atomic E-state index is 5.81. The molecule has 0 N–H and O–H groups in total. The SMILES string of the molecule is CCC1C(c2ccccc2-n2c3ccccc3c3c(-c4cccc5c4c4ccc(-c6ccccc6)cc4n5-c4ccccc4)cccc32)=NC(c2cccc3c2-c2ccccc2C3(C)C)=NC1c1ccccc1. The van der Waals surface area contributed by atoms with Gasteiger partial charge in [-0.25, -0.2) is 4.99 Å². The Kier molecular flexibility index (Phi) is 9.94. The van der Waals surface area contributed by atoms with Gasteiger partial charge in [0.15, 0.2) is 5.84 Å². The maximum absolute atomic E-state index is 5.81. The molecule has 2 unspecified atom stereocenters. The van der Waals surface area contributed by atoms with Crippen molar-refractivity contribution in [3.8, 4) is 44.8 Å². The number of aliphatic imine (C=N–C) groups is 2. The lowest BCUT2D eigenvalue weighted by Crippen LogP contribution is -2.29. The molecule has 1 aliphatic carbocycles. The van der Waals surface area contributed by atoms with Crippen LogP contribution in [0.4, 0.5) is 0 Å². The quantitative estimate of drug-likeness (QED) is 0.146. The third-order valence-electron chi connectivity index (χ3n) is 16.0. The molecule has 348 valence electrons. The van der Waals surface area contributed by atoms with Gasteiger partial charge >= 0.3 is 0 Å². The van der Waals surface area contributed by atoms with Gasteiger partial charge in [0.05, 0.1) is 39.5 Å². The summed E-state index contributed by atoms with van der Waals surface area (Å²) >= 11 is 0. The average molecular weight is 937 g/mol. The predicted molar refractivity (Wildman–Crippen MR) is 306 cm³/mol. The van der Waals surface area contributed by atoms with Gasteiger partial charge in [0.2, 0.25) is 0 Å². The fourth-order valence-corrected chi connectivity index (χ4v) is 12.6. The Morgan fingerprint density at radius 2 is 1.00 bits per heavy atom. The summed E-state index contributed by atoms with van der Waals surface area (Å²) in [5.41, 5.74) is 21.2. The van der Waals surface area contributed by atoms with Crippen molar-refractivity contribution in [3.63, 3.8) is 0 Å². The van der Waals surface area contributed by atoms with Gasteiger partial charge in [-0.2, -0.15) is 0 Å². The molecule has 0 fully saturated rings. The molecule has 12 aromatic rings. The molecule has 0 saturated heterocycles. The number of benzene rings is 10. The van der Waals surface area contributed by atoms with E-state index in [-0.39, 0.29) is 17.4 Å². The van der Waals surface area contributed by atoms with E-state index in [2.05, 4.69) is 266 Å². The summed E-state index contributed by atoms with van der Waals surface area (Å²) in [5, 5.41) is 4.90. The summed E-state index contributed by atoms with van der Waals surface area (Å²) in [6, 6.07) is 86.5. The van der Waals surface area contributed by atoms with E-state index in [4.69, 9.17) is 9.98 Å². The summed E-state index contributed by atoms with van der Waals surface area (Å²) < 4.78 is 4.94. The summed E-state index contributed by atoms with van der Waals surface area (Å²) in [6.07, 6.45) is 0.872. The number of fused-ring (bicyclic) bond motifs is 9. The molecule has 2 atom stereocenters. The predicted octanol–water partition coefficient (Wildman–Crippen LogP) is 17.5. The fraction of sp³-hybridized carbons (Fsp3) is 0.101. The number of para-hydroxylation sites is 3. The molecule has 0 amide bonds. The van der Waals surface area contributed by atoms with Crippen LogP contribution in [0.25, 0.3) is 88.4 Å². The Bertz CT molecular complexity index is 4210. The van der Waals surface area contributed by atoms with Crippen molar-refractivity contribution >= 4 is 55.2 Å². The molecule has 4 nitrogen and oxygen atoms in total. The second-order valence-corrected chi connectivity index (χ2v) is 20.3. The van der Waals surface area contributed by atoms with Crippen molar-refractivity contribution in [3.05, 3.63) is 264 Å². The first-order valence-electron chi connectivity index (χ1n) is 25.7. The Hall–Kier alpha value is -8.86. The van der Waals surface area contributed by atoms with Crippen molar-refractivity contribution in [2.45, 2.75) is 38.6 Å². The Labute approximate surface area is 425 Å². The van der Waals surface area contributed by atoms with Gasteiger partial charge in [-0.3, -0.25) is 4.99 Å². The van der Waals surface area contributed by atoms with Crippen LogP contribution in [0.3, 0.4) is 0 Å². The van der Waals surface area contributed by atoms with Gasteiger partial charge in [-0.05, 0) is 99.0 Å². The highest BCUT2D eigenvalue weighted by Crippen LogP contribution is 2.51. The van der Waals surface area contributed by atoms with Crippen molar-refractivity contribution in [1.82, 2.24) is 9.13 Å². The molecule has 0 bridgehead atoms. The van der Waals surface area contributed by atoms with Crippen molar-refractivity contribution in [2.75, 3.05) is 0 Å². The van der Waals surface area contributed by atoms with E-state index in [1.807, 2.05) is 0 Å². The van der Waals surface area contributed by atoms with Gasteiger partial charge in [-0.1, -0.05) is 215 Å². The summed E-state index contributed by atoms with van der Waals surface area (Å²) in [5.74, 6) is 0.814. The number of nitrogens with zero attached hydrogens (tertiary/aromatic N) is 4. The number of hydrogen-bond donors (Lipinski definition) is 0. The van der Waals surface area contributed by atoms with Crippen LogP contribution in [0.5, 0.6) is 0 Å². The van der Waals surface area contributed by atoms with Crippen LogP contribution in [0.15, 0.2) is 247 Å². The largest absolute Gasteiger partial charge is 0.309 e. The van der Waals surface area contributed by atoms with Gasteiger partial charge in [0.1, 0.15) is 0 Å². The van der Waals surface area contributed by atoms with E-state index in [1.54, 1.807) is 0 Å². The minimum atomic E-state index is -0.146. The highest BCUT2D eigenvalue weighted by Gasteiger charge is 2.39. The Morgan fingerprint density at radius 1 is 0.438 bits per heavy atom. The highest BCUT2D eigenvalue weighted by atomic mass is 15.0. The first-order valence-corrected chi connectivity index (χ1v) is 25.7. The van der Waals surface area contributed by atoms with Gasteiger partial charge < -0.3 is 9.13 Å². The van der Waals surface area contributed by atoms with Crippen LogP contribution in [-0.2, 0) is 5.41 Å². The third-order valence-corrected chi connectivity index (χ3v) is 16.0. The zero-order valence-corrected chi connectivity index (χ0v) is 41.2. The molecule has 2 aromatic heterocycles. The normalized spacial score (nSPS) is 15.9. The zero-order valence-electron chi connectivity index (χ0n) is 41.2. The molecule has 14 rings (SSSR count). The average Bonchev–Trinajstić information content (AvgIpc) is 4.06. The van der Waals surface area contributed by atoms with E-state index in [9.17, 15) is 0 Å². The van der Waals surface area contributed by atoms with Gasteiger partial charge in [0.25, 0.3) is 0 Å². The number of amidine groups is 1. The summed E-state index contributed by atoms with van der Waals surface area (Å²) in [4.78, 5) is 11.5. The van der Waals surface area contributed by atoms with E-state index in [0.717, 1.165) is 51.5 Å². The minimum Gasteiger partial charge on any atom is -0.309 e. The van der Waals surface area contributed by atoms with Crippen molar-refractivity contribution in [1.29, 1.82) is 0 Å². The van der Waals surface area contributed by atoms with Crippen LogP contribution in [-0.4, -0.2) is 20.7 Å². The fourth-order valence-electron chi connectivity index (χ4n) is 12.6. The molecule has 10 aromatic carbocycles. The Morgan fingerprint density at radius 3 is 1.75 bits per heavy atom. The number of aromatic nitrogens is 2. The Balaban J connectivity index is 0.997. The lowest BCUT2D eigenvalue weighted by molar-refractivity contribution is 0.532. The molecule has 73 heavy (non-hydrogen) atoms. The highest BCUT2D eigenvalue weighted by molar-refractivity contribution is 6.24. The maximum Gasteiger partial charge on any atom is 0.156 e. The second kappa shape index (κ2) is 16.9. The minimum absolute atomic E-state index is 0.0263. The molecule has 2 aliphatic rings. The first-order chi connectivity index (χ1) is 36.0. The smallest absolute Gasteiger partial charge is 0.156 e. The van der Waals surface area contributed by atoms with E-state index in [0.29, 0.717) is 0 Å². The number of rotatable bonds is 8. The molecular weight excluding hydrogens is 885 g/mol. The standard InChI is InChI=1S/C69H52N4/c1-4-48-66(45-25-10-6-11-26-45)70-68(55-34-20-36-57-63(55)51-29-14-17-35-56(51)69(57,2)3)71-67(48)54-31-16-19-38-59(54)73-58-37-18-15-30-52(58)64-49(33-22-40-61(64)73)50-32-21-39-60-65(50)53-42-41-46(44-23-8-5-9-24-44)43-62(53)72(60)47-27-12-7-13-28-47/h5-43,48,66H,4H2,1-3H3. The lowest BCUT2D eigenvalue weighted by Gasteiger charge is -2.31. The second-order valence-electron chi connectivity index (χ2n) is 20.3. The molecule has 0 spiro atoms. The molecule has 0 radical (unpaired) electrons. The lowest BCUT2D eigenvalue weighted by atomic mass is 9.81. The van der Waals surface area contributed by atoms with E-state index in [1.165, 1.54) is 82.6 Å². The summed E-state index contributed by atoms with van der Waals surface area (Å²) in [6.45, 7) is 6.98. The van der Waals surface area contributed by atoms with Crippen LogP contribution in [0, 0.1) is 5.92 Å². The number of hydrogen-bond acceptors (Lipinski definition) is 2. The van der Waals surface area contributed by atoms with Crippen LogP contribution >= 0.6 is 0 Å². The van der Waals surface area contributed by atoms with Crippen LogP contribution in [0.1, 0.15) is 61.1 Å². The summed E-state index contributed by atoms with van der Waals surface area (Å²) in [7, 11) is 0. The van der Waals surface area contributed by atoms with E-state index >= 15 is 0 Å². The first kappa shape index (κ1) is 43.0.